The predicted molar refractivity (Wildman–Crippen MR) is 73.1 cm³/mol. The fourth-order valence-electron chi connectivity index (χ4n) is 2.00. The highest BCUT2D eigenvalue weighted by Gasteiger charge is 2.43. The molecular weight excluding hydrogens is 262 g/mol. The van der Waals surface area contributed by atoms with Gasteiger partial charge in [0.15, 0.2) is 0 Å². The van der Waals surface area contributed by atoms with Crippen molar-refractivity contribution in [3.05, 3.63) is 0 Å². The molecule has 0 aliphatic carbocycles. The highest BCUT2D eigenvalue weighted by atomic mass is 16.5. The molecule has 1 saturated heterocycles. The summed E-state index contributed by atoms with van der Waals surface area (Å²) in [6.45, 7) is 5.02. The van der Waals surface area contributed by atoms with Gasteiger partial charge in [-0.15, -0.1) is 0 Å². The molecule has 1 N–H and O–H groups in total. The highest BCUT2D eigenvalue weighted by Crippen LogP contribution is 2.16. The van der Waals surface area contributed by atoms with E-state index in [1.165, 1.54) is 12.0 Å². The van der Waals surface area contributed by atoms with Crippen molar-refractivity contribution in [2.75, 3.05) is 33.8 Å². The molecule has 7 nitrogen and oxygen atoms in total. The van der Waals surface area contributed by atoms with Gasteiger partial charge in [0, 0.05) is 19.5 Å². The topological polar surface area (TPSA) is 79.0 Å². The van der Waals surface area contributed by atoms with Crippen LogP contribution >= 0.6 is 0 Å². The molecule has 0 radical (unpaired) electrons. The van der Waals surface area contributed by atoms with E-state index in [1.807, 2.05) is 11.9 Å². The Morgan fingerprint density at radius 3 is 2.50 bits per heavy atom. The van der Waals surface area contributed by atoms with E-state index in [2.05, 4.69) is 10.1 Å². The van der Waals surface area contributed by atoms with Gasteiger partial charge in [0.05, 0.1) is 7.11 Å². The van der Waals surface area contributed by atoms with Crippen molar-refractivity contribution < 1.29 is 19.1 Å². The number of carbonyl (C=O) groups is 3. The Morgan fingerprint density at radius 2 is 2.00 bits per heavy atom. The molecule has 0 aromatic rings. The second kappa shape index (κ2) is 6.69. The first-order chi connectivity index (χ1) is 9.27. The molecule has 0 unspecified atom stereocenters. The average molecular weight is 285 g/mol. The SMILES string of the molecule is COC(=O)CCCN(C)CCN1C(=O)NC(C)(C)C1=O. The first-order valence-corrected chi connectivity index (χ1v) is 6.67. The summed E-state index contributed by atoms with van der Waals surface area (Å²) >= 11 is 0. The van der Waals surface area contributed by atoms with Crippen LogP contribution in [0.4, 0.5) is 4.79 Å². The van der Waals surface area contributed by atoms with Crippen LogP contribution in [0.1, 0.15) is 26.7 Å². The number of hydrogen-bond acceptors (Lipinski definition) is 5. The first kappa shape index (κ1) is 16.4. The molecule has 0 spiro atoms. The third kappa shape index (κ3) is 4.19. The maximum absolute atomic E-state index is 12.0. The molecule has 1 heterocycles. The van der Waals surface area contributed by atoms with Gasteiger partial charge < -0.3 is 15.0 Å². The number of ether oxygens (including phenoxy) is 1. The van der Waals surface area contributed by atoms with E-state index >= 15 is 0 Å². The molecule has 0 bridgehead atoms. The number of urea groups is 1. The van der Waals surface area contributed by atoms with E-state index in [-0.39, 0.29) is 17.9 Å². The summed E-state index contributed by atoms with van der Waals surface area (Å²) in [6.07, 6.45) is 1.06. The van der Waals surface area contributed by atoms with Gasteiger partial charge in [-0.1, -0.05) is 0 Å². The lowest BCUT2D eigenvalue weighted by Gasteiger charge is -2.20. The van der Waals surface area contributed by atoms with E-state index in [1.54, 1.807) is 13.8 Å². The third-order valence-electron chi connectivity index (χ3n) is 3.30. The van der Waals surface area contributed by atoms with E-state index in [0.717, 1.165) is 0 Å². The quantitative estimate of drug-likeness (QED) is 0.534. The second-order valence-electron chi connectivity index (χ2n) is 5.49. The number of methoxy groups -OCH3 is 1. The number of nitrogens with zero attached hydrogens (tertiary/aromatic N) is 2. The van der Waals surface area contributed by atoms with E-state index < -0.39 is 5.54 Å². The van der Waals surface area contributed by atoms with Gasteiger partial charge in [-0.3, -0.25) is 14.5 Å². The van der Waals surface area contributed by atoms with Crippen LogP contribution in [-0.2, 0) is 14.3 Å². The number of hydrogen-bond donors (Lipinski definition) is 1. The highest BCUT2D eigenvalue weighted by molar-refractivity contribution is 6.06. The maximum Gasteiger partial charge on any atom is 0.325 e. The van der Waals surface area contributed by atoms with Gasteiger partial charge in [0.1, 0.15) is 5.54 Å². The lowest BCUT2D eigenvalue weighted by Crippen LogP contribution is -2.41. The zero-order valence-electron chi connectivity index (χ0n) is 12.6. The predicted octanol–water partition coefficient (Wildman–Crippen LogP) is 0.202. The van der Waals surface area contributed by atoms with Crippen molar-refractivity contribution in [2.45, 2.75) is 32.2 Å². The van der Waals surface area contributed by atoms with Crippen LogP contribution in [-0.4, -0.2) is 67.0 Å². The average Bonchev–Trinajstić information content (AvgIpc) is 2.56. The molecular formula is C13H23N3O4. The monoisotopic (exact) mass is 285 g/mol. The molecule has 1 fully saturated rings. The minimum atomic E-state index is -0.819. The van der Waals surface area contributed by atoms with Gasteiger partial charge >= 0.3 is 12.0 Å². The molecule has 0 atom stereocenters. The minimum absolute atomic E-state index is 0.203. The van der Waals surface area contributed by atoms with E-state index in [4.69, 9.17) is 0 Å². The van der Waals surface area contributed by atoms with Crippen molar-refractivity contribution in [2.24, 2.45) is 0 Å². The Kier molecular flexibility index (Phi) is 5.50. The summed E-state index contributed by atoms with van der Waals surface area (Å²) in [4.78, 5) is 37.8. The normalized spacial score (nSPS) is 17.6. The number of carbonyl (C=O) groups excluding carboxylic acids is 3. The summed E-state index contributed by atoms with van der Waals surface area (Å²) in [6, 6.07) is -0.344. The Morgan fingerprint density at radius 1 is 1.35 bits per heavy atom. The molecule has 20 heavy (non-hydrogen) atoms. The van der Waals surface area contributed by atoms with Gasteiger partial charge in [0.2, 0.25) is 0 Å². The number of likely N-dealkylation sites (N-methyl/N-ethyl adjacent to an activating group) is 1. The third-order valence-corrected chi connectivity index (χ3v) is 3.30. The Hall–Kier alpha value is -1.63. The van der Waals surface area contributed by atoms with Crippen molar-refractivity contribution >= 4 is 17.9 Å². The number of esters is 1. The standard InChI is InChI=1S/C13H23N3O4/c1-13(2)11(18)16(12(19)14-13)9-8-15(3)7-5-6-10(17)20-4/h5-9H2,1-4H3,(H,14,19). The molecule has 0 aromatic carbocycles. The molecule has 0 aromatic heterocycles. The number of amides is 3. The smallest absolute Gasteiger partial charge is 0.325 e. The van der Waals surface area contributed by atoms with Crippen molar-refractivity contribution in [3.8, 4) is 0 Å². The van der Waals surface area contributed by atoms with Crippen LogP contribution < -0.4 is 5.32 Å². The summed E-state index contributed by atoms with van der Waals surface area (Å²) in [7, 11) is 3.26. The van der Waals surface area contributed by atoms with Crippen LogP contribution in [0.15, 0.2) is 0 Å². The molecule has 114 valence electrons. The Labute approximate surface area is 119 Å². The van der Waals surface area contributed by atoms with Crippen LogP contribution in [0.3, 0.4) is 0 Å². The number of rotatable bonds is 7. The van der Waals surface area contributed by atoms with Gasteiger partial charge in [0.25, 0.3) is 5.91 Å². The largest absolute Gasteiger partial charge is 0.469 e. The van der Waals surface area contributed by atoms with Crippen LogP contribution in [0.2, 0.25) is 0 Å². The summed E-state index contributed by atoms with van der Waals surface area (Å²) in [5.74, 6) is -0.431. The maximum atomic E-state index is 12.0. The van der Waals surface area contributed by atoms with Gasteiger partial charge in [-0.25, -0.2) is 4.79 Å². The second-order valence-corrected chi connectivity index (χ2v) is 5.49. The Balaban J connectivity index is 2.31. The summed E-state index contributed by atoms with van der Waals surface area (Å²) in [5.41, 5.74) is -0.819. The lowest BCUT2D eigenvalue weighted by atomic mass is 10.1. The molecule has 0 saturated carbocycles. The minimum Gasteiger partial charge on any atom is -0.469 e. The summed E-state index contributed by atoms with van der Waals surface area (Å²) < 4.78 is 4.56. The lowest BCUT2D eigenvalue weighted by molar-refractivity contribution is -0.140. The van der Waals surface area contributed by atoms with Crippen molar-refractivity contribution in [3.63, 3.8) is 0 Å². The Bertz CT molecular complexity index is 395. The zero-order valence-corrected chi connectivity index (χ0v) is 12.6. The van der Waals surface area contributed by atoms with Gasteiger partial charge in [-0.05, 0) is 33.9 Å². The first-order valence-electron chi connectivity index (χ1n) is 6.67. The van der Waals surface area contributed by atoms with Crippen LogP contribution in [0.5, 0.6) is 0 Å². The molecule has 7 heteroatoms. The summed E-state index contributed by atoms with van der Waals surface area (Å²) in [5, 5.41) is 2.64. The zero-order chi connectivity index (χ0) is 15.3. The number of imide groups is 1. The van der Waals surface area contributed by atoms with E-state index in [9.17, 15) is 14.4 Å². The fraction of sp³-hybridized carbons (Fsp3) is 0.769. The fourth-order valence-corrected chi connectivity index (χ4v) is 2.00. The van der Waals surface area contributed by atoms with Crippen molar-refractivity contribution in [1.29, 1.82) is 0 Å². The number of nitrogens with one attached hydrogen (secondary N) is 1. The van der Waals surface area contributed by atoms with Gasteiger partial charge in [-0.2, -0.15) is 0 Å². The van der Waals surface area contributed by atoms with Crippen molar-refractivity contribution in [1.82, 2.24) is 15.1 Å². The molecule has 1 rings (SSSR count). The van der Waals surface area contributed by atoms with E-state index in [0.29, 0.717) is 32.5 Å². The molecule has 1 aliphatic rings. The molecule has 3 amide bonds. The van der Waals surface area contributed by atoms with Crippen LogP contribution in [0.25, 0.3) is 0 Å². The van der Waals surface area contributed by atoms with Crippen LogP contribution in [0, 0.1) is 0 Å². The molecule has 1 aliphatic heterocycles.